The second-order valence-corrected chi connectivity index (χ2v) is 6.08. The van der Waals surface area contributed by atoms with E-state index in [2.05, 4.69) is 10.3 Å². The number of pyridine rings is 1. The van der Waals surface area contributed by atoms with Crippen LogP contribution in [0.15, 0.2) is 54.9 Å². The van der Waals surface area contributed by atoms with E-state index in [4.69, 9.17) is 11.6 Å². The second-order valence-electron chi connectivity index (χ2n) is 5.67. The fourth-order valence-electron chi connectivity index (χ4n) is 2.64. The minimum Gasteiger partial charge on any atom is -0.356 e. The van der Waals surface area contributed by atoms with Gasteiger partial charge in [0.2, 0.25) is 5.91 Å². The molecule has 0 aliphatic carbocycles. The molecule has 5 nitrogen and oxygen atoms in total. The van der Waals surface area contributed by atoms with Gasteiger partial charge in [-0.05, 0) is 24.3 Å². The maximum Gasteiger partial charge on any atom is 0.220 e. The maximum atomic E-state index is 12.1. The Labute approximate surface area is 150 Å². The van der Waals surface area contributed by atoms with Crippen molar-refractivity contribution in [2.75, 3.05) is 6.54 Å². The van der Waals surface area contributed by atoms with Crippen molar-refractivity contribution in [3.63, 3.8) is 0 Å². The van der Waals surface area contributed by atoms with Crippen molar-refractivity contribution in [3.8, 4) is 0 Å². The maximum absolute atomic E-state index is 12.1. The van der Waals surface area contributed by atoms with E-state index in [1.54, 1.807) is 30.5 Å². The molecule has 6 heteroatoms. The molecule has 0 saturated carbocycles. The summed E-state index contributed by atoms with van der Waals surface area (Å²) in [5, 5.41) is 3.25. The van der Waals surface area contributed by atoms with E-state index < -0.39 is 0 Å². The van der Waals surface area contributed by atoms with Gasteiger partial charge in [-0.1, -0.05) is 29.8 Å². The van der Waals surface area contributed by atoms with Gasteiger partial charge in [0.1, 0.15) is 5.82 Å². The summed E-state index contributed by atoms with van der Waals surface area (Å²) in [6, 6.07) is 12.7. The number of carbonyl (C=O) groups is 2. The van der Waals surface area contributed by atoms with Gasteiger partial charge in [-0.2, -0.15) is 0 Å². The van der Waals surface area contributed by atoms with Crippen LogP contribution in [0.3, 0.4) is 0 Å². The number of hydrogen-bond acceptors (Lipinski definition) is 3. The Balaban J connectivity index is 1.45. The number of benzene rings is 1. The van der Waals surface area contributed by atoms with Crippen LogP contribution in [0, 0.1) is 0 Å². The molecule has 0 saturated heterocycles. The number of Topliss-reactive ketones (excluding diaryl/α,β-unsaturated/α-hetero) is 1. The van der Waals surface area contributed by atoms with Crippen LogP contribution in [0.4, 0.5) is 0 Å². The minimum atomic E-state index is -0.152. The zero-order valence-electron chi connectivity index (χ0n) is 13.6. The largest absolute Gasteiger partial charge is 0.356 e. The average molecular weight is 356 g/mol. The zero-order valence-corrected chi connectivity index (χ0v) is 14.4. The van der Waals surface area contributed by atoms with Gasteiger partial charge in [0.05, 0.1) is 16.7 Å². The highest BCUT2D eigenvalue weighted by molar-refractivity contribution is 6.34. The van der Waals surface area contributed by atoms with Crippen LogP contribution < -0.4 is 5.32 Å². The molecule has 0 aliphatic heterocycles. The summed E-state index contributed by atoms with van der Waals surface area (Å²) in [5.41, 5.74) is 1.48. The molecule has 0 unspecified atom stereocenters. The molecule has 0 aliphatic rings. The Kier molecular flexibility index (Phi) is 5.46. The van der Waals surface area contributed by atoms with Crippen molar-refractivity contribution in [2.24, 2.45) is 0 Å². The SMILES string of the molecule is O=C(CCC(=O)c1ccccc1Cl)NCCc1ncc2ccccn12. The lowest BCUT2D eigenvalue weighted by molar-refractivity contribution is -0.121. The first-order valence-corrected chi connectivity index (χ1v) is 8.48. The molecule has 2 heterocycles. The molecule has 0 bridgehead atoms. The predicted molar refractivity (Wildman–Crippen MR) is 96.9 cm³/mol. The normalized spacial score (nSPS) is 10.8. The van der Waals surface area contributed by atoms with Gasteiger partial charge in [0.15, 0.2) is 5.78 Å². The molecule has 25 heavy (non-hydrogen) atoms. The first-order chi connectivity index (χ1) is 12.1. The molecule has 2 aromatic heterocycles. The highest BCUT2D eigenvalue weighted by Gasteiger charge is 2.12. The van der Waals surface area contributed by atoms with Crippen LogP contribution in [-0.2, 0) is 11.2 Å². The highest BCUT2D eigenvalue weighted by Crippen LogP contribution is 2.17. The summed E-state index contributed by atoms with van der Waals surface area (Å²) >= 11 is 5.99. The van der Waals surface area contributed by atoms with Gasteiger partial charge >= 0.3 is 0 Å². The van der Waals surface area contributed by atoms with Crippen molar-refractivity contribution in [1.29, 1.82) is 0 Å². The van der Waals surface area contributed by atoms with E-state index in [-0.39, 0.29) is 24.5 Å². The van der Waals surface area contributed by atoms with Gasteiger partial charge in [-0.3, -0.25) is 9.59 Å². The Bertz CT molecular complexity index is 904. The fraction of sp³-hybridized carbons (Fsp3) is 0.211. The standard InChI is InChI=1S/C19H18ClN3O2/c20-16-7-2-1-6-15(16)17(24)8-9-19(25)21-11-10-18-22-13-14-5-3-4-12-23(14)18/h1-7,12-13H,8-11H2,(H,21,25). The molecule has 128 valence electrons. The van der Waals surface area contributed by atoms with Gasteiger partial charge < -0.3 is 9.72 Å². The summed E-state index contributed by atoms with van der Waals surface area (Å²) in [6.45, 7) is 0.479. The Morgan fingerprint density at radius 1 is 1.08 bits per heavy atom. The summed E-state index contributed by atoms with van der Waals surface area (Å²) < 4.78 is 1.99. The number of amides is 1. The third kappa shape index (κ3) is 4.25. The molecular weight excluding hydrogens is 338 g/mol. The molecular formula is C19H18ClN3O2. The smallest absolute Gasteiger partial charge is 0.220 e. The Hall–Kier alpha value is -2.66. The Morgan fingerprint density at radius 3 is 2.72 bits per heavy atom. The van der Waals surface area contributed by atoms with Crippen LogP contribution in [0.1, 0.15) is 29.0 Å². The number of carbonyl (C=O) groups excluding carboxylic acids is 2. The van der Waals surface area contributed by atoms with Gasteiger partial charge in [-0.25, -0.2) is 4.98 Å². The van der Waals surface area contributed by atoms with E-state index in [9.17, 15) is 9.59 Å². The van der Waals surface area contributed by atoms with E-state index in [1.165, 1.54) is 0 Å². The van der Waals surface area contributed by atoms with Crippen LogP contribution in [0.5, 0.6) is 0 Å². The molecule has 0 radical (unpaired) electrons. The fourth-order valence-corrected chi connectivity index (χ4v) is 2.88. The Morgan fingerprint density at radius 2 is 1.88 bits per heavy atom. The van der Waals surface area contributed by atoms with Gasteiger partial charge in [-0.15, -0.1) is 0 Å². The molecule has 0 fully saturated rings. The summed E-state index contributed by atoms with van der Waals surface area (Å²) in [4.78, 5) is 28.4. The summed E-state index contributed by atoms with van der Waals surface area (Å²) in [7, 11) is 0. The number of aromatic nitrogens is 2. The number of hydrogen-bond donors (Lipinski definition) is 1. The molecule has 3 aromatic rings. The van der Waals surface area contributed by atoms with E-state index in [1.807, 2.05) is 28.8 Å². The minimum absolute atomic E-state index is 0.125. The van der Waals surface area contributed by atoms with Crippen molar-refractivity contribution >= 4 is 28.8 Å². The topological polar surface area (TPSA) is 63.5 Å². The van der Waals surface area contributed by atoms with Crippen molar-refractivity contribution in [1.82, 2.24) is 14.7 Å². The summed E-state index contributed by atoms with van der Waals surface area (Å²) in [5.74, 6) is 0.615. The molecule has 0 spiro atoms. The van der Waals surface area contributed by atoms with Crippen molar-refractivity contribution in [2.45, 2.75) is 19.3 Å². The first kappa shape index (κ1) is 17.2. The number of nitrogens with one attached hydrogen (secondary N) is 1. The lowest BCUT2D eigenvalue weighted by atomic mass is 10.1. The monoisotopic (exact) mass is 355 g/mol. The average Bonchev–Trinajstić information content (AvgIpc) is 3.03. The highest BCUT2D eigenvalue weighted by atomic mass is 35.5. The molecule has 1 amide bonds. The lowest BCUT2D eigenvalue weighted by Crippen LogP contribution is -2.26. The molecule has 1 aromatic carbocycles. The number of fused-ring (bicyclic) bond motifs is 1. The number of ketones is 1. The van der Waals surface area contributed by atoms with Crippen LogP contribution in [-0.4, -0.2) is 27.6 Å². The van der Waals surface area contributed by atoms with Crippen LogP contribution >= 0.6 is 11.6 Å². The quantitative estimate of drug-likeness (QED) is 0.661. The van der Waals surface area contributed by atoms with Gasteiger partial charge in [0.25, 0.3) is 0 Å². The molecule has 0 atom stereocenters. The van der Waals surface area contributed by atoms with Crippen LogP contribution in [0.2, 0.25) is 5.02 Å². The third-order valence-electron chi connectivity index (χ3n) is 3.94. The number of imidazole rings is 1. The number of rotatable bonds is 7. The first-order valence-electron chi connectivity index (χ1n) is 8.10. The summed E-state index contributed by atoms with van der Waals surface area (Å²) in [6.07, 6.45) is 4.66. The zero-order chi connectivity index (χ0) is 17.6. The van der Waals surface area contributed by atoms with E-state index in [0.29, 0.717) is 23.6 Å². The second kappa shape index (κ2) is 7.94. The lowest BCUT2D eigenvalue weighted by Gasteiger charge is -2.06. The van der Waals surface area contributed by atoms with Crippen molar-refractivity contribution in [3.05, 3.63) is 71.3 Å². The van der Waals surface area contributed by atoms with E-state index in [0.717, 1.165) is 11.3 Å². The van der Waals surface area contributed by atoms with Crippen LogP contribution in [0.25, 0.3) is 5.52 Å². The molecule has 1 N–H and O–H groups in total. The molecule has 3 rings (SSSR count). The van der Waals surface area contributed by atoms with Crippen molar-refractivity contribution < 1.29 is 9.59 Å². The number of halogens is 1. The van der Waals surface area contributed by atoms with E-state index >= 15 is 0 Å². The predicted octanol–water partition coefficient (Wildman–Crippen LogP) is 3.31. The number of nitrogens with zero attached hydrogens (tertiary/aromatic N) is 2. The third-order valence-corrected chi connectivity index (χ3v) is 4.27. The van der Waals surface area contributed by atoms with Gasteiger partial charge in [0, 0.05) is 37.6 Å².